The van der Waals surface area contributed by atoms with Gasteiger partial charge < -0.3 is 4.43 Å². The molecule has 0 bridgehead atoms. The molecule has 6 heteroatoms. The van der Waals surface area contributed by atoms with Crippen LogP contribution in [0.5, 0.6) is 5.75 Å². The van der Waals surface area contributed by atoms with Gasteiger partial charge in [0.1, 0.15) is 5.75 Å². The Balaban J connectivity index is 2.26. The lowest BCUT2D eigenvalue weighted by Gasteiger charge is -2.43. The average Bonchev–Trinajstić information content (AvgIpc) is 2.66. The number of nitrogens with one attached hydrogen (secondary N) is 1. The van der Waals surface area contributed by atoms with Gasteiger partial charge in [-0.2, -0.15) is 0 Å². The minimum Gasteiger partial charge on any atom is -0.533 e. The van der Waals surface area contributed by atoms with Crippen LogP contribution in [0.3, 0.4) is 0 Å². The van der Waals surface area contributed by atoms with Crippen molar-refractivity contribution >= 4 is 34.4 Å². The summed E-state index contributed by atoms with van der Waals surface area (Å²) in [4.78, 5) is 0. The van der Waals surface area contributed by atoms with E-state index in [1.807, 2.05) is 48.5 Å². The largest absolute Gasteiger partial charge is 0.533 e. The van der Waals surface area contributed by atoms with E-state index in [4.69, 9.17) is 4.43 Å². The van der Waals surface area contributed by atoms with Crippen LogP contribution in [0.4, 0.5) is 5.69 Å². The summed E-state index contributed by atoms with van der Waals surface area (Å²) in [5, 5.41) is 2.05. The minimum absolute atomic E-state index is 0.214. The molecule has 1 N–H and O–H groups in total. The molecular weight excluding hydrogens is 398 g/mol. The molecule has 3 rings (SSSR count). The maximum atomic E-state index is 11.9. The van der Waals surface area contributed by atoms with Gasteiger partial charge in [-0.05, 0) is 27.5 Å². The van der Waals surface area contributed by atoms with Gasteiger partial charge in [0, 0.05) is 0 Å². The highest BCUT2D eigenvalue weighted by atomic mass is 32.2. The van der Waals surface area contributed by atoms with Crippen molar-refractivity contribution in [3.63, 3.8) is 0 Å². The summed E-state index contributed by atoms with van der Waals surface area (Å²) in [5.41, 5.74) is 0.447. The summed E-state index contributed by atoms with van der Waals surface area (Å²) >= 11 is 0. The molecule has 152 valence electrons. The molecule has 0 aliphatic carbocycles. The van der Waals surface area contributed by atoms with E-state index < -0.39 is 18.3 Å². The molecule has 0 saturated heterocycles. The monoisotopic (exact) mass is 425 g/mol. The van der Waals surface area contributed by atoms with Crippen LogP contribution < -0.4 is 19.5 Å². The highest BCUT2D eigenvalue weighted by Gasteiger charge is 2.52. The van der Waals surface area contributed by atoms with Crippen molar-refractivity contribution in [1.82, 2.24) is 0 Å². The van der Waals surface area contributed by atoms with Crippen molar-refractivity contribution in [2.75, 3.05) is 11.0 Å². The Kier molecular flexibility index (Phi) is 5.87. The summed E-state index contributed by atoms with van der Waals surface area (Å²) in [6.45, 7) is 6.56. The minimum atomic E-state index is -3.43. The van der Waals surface area contributed by atoms with Gasteiger partial charge >= 0.3 is 8.32 Å². The molecule has 4 nitrogen and oxygen atoms in total. The fourth-order valence-corrected chi connectivity index (χ4v) is 8.66. The third-order valence-electron chi connectivity index (χ3n) is 4.86. The molecule has 0 aliphatic rings. The molecule has 3 aromatic carbocycles. The molecule has 0 atom stereocenters. The van der Waals surface area contributed by atoms with Gasteiger partial charge in [-0.3, -0.25) is 4.72 Å². The van der Waals surface area contributed by atoms with Gasteiger partial charge in [-0.1, -0.05) is 93.6 Å². The second-order valence-electron chi connectivity index (χ2n) is 8.14. The van der Waals surface area contributed by atoms with Crippen molar-refractivity contribution in [2.24, 2.45) is 0 Å². The number of hydrogen-bond acceptors (Lipinski definition) is 3. The van der Waals surface area contributed by atoms with Gasteiger partial charge in [0.25, 0.3) is 0 Å². The lowest BCUT2D eigenvalue weighted by molar-refractivity contribution is 0.510. The van der Waals surface area contributed by atoms with Crippen LogP contribution in [0.1, 0.15) is 20.8 Å². The van der Waals surface area contributed by atoms with E-state index >= 15 is 0 Å². The summed E-state index contributed by atoms with van der Waals surface area (Å²) in [7, 11) is -6.27. The number of rotatable bonds is 6. The summed E-state index contributed by atoms with van der Waals surface area (Å²) in [5.74, 6) is 0.534. The zero-order chi connectivity index (χ0) is 21.1. The molecule has 0 aromatic heterocycles. The molecular formula is C23H27NO3SSi. The Labute approximate surface area is 174 Å². The summed E-state index contributed by atoms with van der Waals surface area (Å²) in [6.07, 6.45) is 1.15. The Hall–Kier alpha value is -2.57. The predicted molar refractivity (Wildman–Crippen MR) is 123 cm³/mol. The first-order chi connectivity index (χ1) is 13.6. The van der Waals surface area contributed by atoms with Crippen LogP contribution >= 0.6 is 0 Å². The molecule has 0 saturated carbocycles. The third kappa shape index (κ3) is 4.54. The maximum absolute atomic E-state index is 11.9. The quantitative estimate of drug-likeness (QED) is 0.608. The highest BCUT2D eigenvalue weighted by molar-refractivity contribution is 7.92. The van der Waals surface area contributed by atoms with Crippen molar-refractivity contribution in [3.05, 3.63) is 84.9 Å². The fourth-order valence-electron chi connectivity index (χ4n) is 3.65. The van der Waals surface area contributed by atoms with Crippen LogP contribution in [0, 0.1) is 0 Å². The first kappa shape index (κ1) is 21.1. The molecule has 0 amide bonds. The van der Waals surface area contributed by atoms with E-state index in [9.17, 15) is 8.42 Å². The van der Waals surface area contributed by atoms with Crippen molar-refractivity contribution in [1.29, 1.82) is 0 Å². The Morgan fingerprint density at radius 2 is 1.21 bits per heavy atom. The van der Waals surface area contributed by atoms with Crippen molar-refractivity contribution in [3.8, 4) is 5.75 Å². The highest BCUT2D eigenvalue weighted by Crippen LogP contribution is 2.39. The molecule has 0 unspecified atom stereocenters. The normalized spacial score (nSPS) is 12.4. The first-order valence-electron chi connectivity index (χ1n) is 9.50. The van der Waals surface area contributed by atoms with Crippen LogP contribution in [-0.4, -0.2) is 23.0 Å². The molecule has 29 heavy (non-hydrogen) atoms. The average molecular weight is 426 g/mol. The second-order valence-corrected chi connectivity index (χ2v) is 14.1. The lowest BCUT2D eigenvalue weighted by atomic mass is 10.2. The van der Waals surface area contributed by atoms with E-state index in [2.05, 4.69) is 49.8 Å². The maximum Gasteiger partial charge on any atom is 0.320 e. The van der Waals surface area contributed by atoms with Crippen LogP contribution in [0.15, 0.2) is 84.9 Å². The number of para-hydroxylation sites is 2. The topological polar surface area (TPSA) is 55.4 Å². The van der Waals surface area contributed by atoms with Gasteiger partial charge in [-0.25, -0.2) is 8.42 Å². The zero-order valence-electron chi connectivity index (χ0n) is 17.2. The third-order valence-corrected chi connectivity index (χ3v) is 10.4. The fraction of sp³-hybridized carbons (Fsp3) is 0.217. The van der Waals surface area contributed by atoms with E-state index in [-0.39, 0.29) is 5.04 Å². The number of anilines is 1. The molecule has 3 aromatic rings. The molecule has 0 aliphatic heterocycles. The summed E-state index contributed by atoms with van der Waals surface area (Å²) < 4.78 is 33.3. The van der Waals surface area contributed by atoms with E-state index in [1.54, 1.807) is 12.1 Å². The lowest BCUT2D eigenvalue weighted by Crippen LogP contribution is -2.68. The Morgan fingerprint density at radius 1 is 0.759 bits per heavy atom. The van der Waals surface area contributed by atoms with Gasteiger partial charge in [0.2, 0.25) is 10.0 Å². The van der Waals surface area contributed by atoms with Gasteiger partial charge in [0.05, 0.1) is 11.9 Å². The molecule has 0 fully saturated rings. The first-order valence-corrected chi connectivity index (χ1v) is 13.3. The molecule has 0 radical (unpaired) electrons. The van der Waals surface area contributed by atoms with Gasteiger partial charge in [0.15, 0.2) is 0 Å². The van der Waals surface area contributed by atoms with Gasteiger partial charge in [-0.15, -0.1) is 0 Å². The number of hydrogen-bond donors (Lipinski definition) is 1. The van der Waals surface area contributed by atoms with Crippen molar-refractivity contribution < 1.29 is 12.8 Å². The molecule has 0 spiro atoms. The summed E-state index contributed by atoms with van der Waals surface area (Å²) in [6, 6.07) is 27.7. The zero-order valence-corrected chi connectivity index (χ0v) is 19.0. The molecule has 0 heterocycles. The standard InChI is InChI=1S/C23H27NO3SSi/c1-23(2,3)29(19-13-7-5-8-14-19,20-15-9-6-10-16-20)27-22-18-12-11-17-21(22)24-28(4,25)26/h5-18,24H,1-4H3. The second kappa shape index (κ2) is 8.04. The SMILES string of the molecule is CC(C)(C)[Si](Oc1ccccc1NS(C)(=O)=O)(c1ccccc1)c1ccccc1. The Bertz CT molecular complexity index is 1020. The van der Waals surface area contributed by atoms with Crippen molar-refractivity contribution in [2.45, 2.75) is 25.8 Å². The van der Waals surface area contributed by atoms with Crippen LogP contribution in [0.25, 0.3) is 0 Å². The number of benzene rings is 3. The van der Waals surface area contributed by atoms with Crippen LogP contribution in [0.2, 0.25) is 5.04 Å². The van der Waals surface area contributed by atoms with E-state index in [0.29, 0.717) is 11.4 Å². The smallest absolute Gasteiger partial charge is 0.320 e. The van der Waals surface area contributed by atoms with E-state index in [0.717, 1.165) is 16.6 Å². The Morgan fingerprint density at radius 3 is 1.66 bits per heavy atom. The van der Waals surface area contributed by atoms with E-state index in [1.165, 1.54) is 0 Å². The van der Waals surface area contributed by atoms with Crippen LogP contribution in [-0.2, 0) is 10.0 Å². The number of sulfonamides is 1. The predicted octanol–water partition coefficient (Wildman–Crippen LogP) is 4.00.